The molecule has 0 amide bonds. The Hall–Kier alpha value is -1.22. The van der Waals surface area contributed by atoms with Crippen molar-refractivity contribution >= 4 is 5.69 Å². The first-order chi connectivity index (χ1) is 8.33. The van der Waals surface area contributed by atoms with Gasteiger partial charge in [-0.15, -0.1) is 0 Å². The van der Waals surface area contributed by atoms with Gasteiger partial charge in [-0.2, -0.15) is 0 Å². The van der Waals surface area contributed by atoms with E-state index in [1.165, 1.54) is 24.1 Å². The average molecular weight is 234 g/mol. The predicted molar refractivity (Wildman–Crippen MR) is 71.9 cm³/mol. The van der Waals surface area contributed by atoms with Crippen LogP contribution in [0.2, 0.25) is 0 Å². The Bertz CT molecular complexity index is 359. The molecule has 0 spiro atoms. The second kappa shape index (κ2) is 5.92. The summed E-state index contributed by atoms with van der Waals surface area (Å²) in [5, 5.41) is 6.99. The molecular weight excluding hydrogens is 212 g/mol. The molecule has 1 aliphatic heterocycles. The first-order valence-electron chi connectivity index (χ1n) is 6.47. The van der Waals surface area contributed by atoms with Gasteiger partial charge in [0.25, 0.3) is 0 Å². The van der Waals surface area contributed by atoms with E-state index in [1.807, 2.05) is 6.07 Å². The van der Waals surface area contributed by atoms with Gasteiger partial charge >= 0.3 is 0 Å². The fourth-order valence-electron chi connectivity index (χ4n) is 2.34. The van der Waals surface area contributed by atoms with Gasteiger partial charge in [-0.3, -0.25) is 0 Å². The van der Waals surface area contributed by atoms with Crippen LogP contribution in [0, 0.1) is 0 Å². The molecule has 0 aromatic heterocycles. The largest absolute Gasteiger partial charge is 0.496 e. The Morgan fingerprint density at radius 2 is 2.35 bits per heavy atom. The summed E-state index contributed by atoms with van der Waals surface area (Å²) in [7, 11) is 1.73. The van der Waals surface area contributed by atoms with E-state index in [1.54, 1.807) is 7.11 Å². The number of aryl methyl sites for hydroxylation is 1. The van der Waals surface area contributed by atoms with Crippen LogP contribution >= 0.6 is 0 Å². The number of hydrogen-bond donors (Lipinski definition) is 2. The topological polar surface area (TPSA) is 33.3 Å². The lowest BCUT2D eigenvalue weighted by molar-refractivity contribution is 0.410. The minimum atomic E-state index is 0.627. The number of nitrogens with one attached hydrogen (secondary N) is 2. The maximum atomic E-state index is 5.33. The monoisotopic (exact) mass is 234 g/mol. The standard InChI is InChI=1S/C14H22N2O/c1-3-11-9-12(6-7-14(11)17-2)16-10-13-5-4-8-15-13/h6-7,9,13,15-16H,3-5,8,10H2,1-2H3. The Kier molecular flexibility index (Phi) is 4.26. The number of rotatable bonds is 5. The van der Waals surface area contributed by atoms with Gasteiger partial charge in [-0.25, -0.2) is 0 Å². The second-order valence-electron chi connectivity index (χ2n) is 4.55. The van der Waals surface area contributed by atoms with Crippen LogP contribution in [-0.4, -0.2) is 26.2 Å². The fourth-order valence-corrected chi connectivity index (χ4v) is 2.34. The summed E-state index contributed by atoms with van der Waals surface area (Å²) in [6.45, 7) is 4.32. The van der Waals surface area contributed by atoms with E-state index in [0.717, 1.165) is 25.3 Å². The van der Waals surface area contributed by atoms with Gasteiger partial charge in [0.1, 0.15) is 5.75 Å². The summed E-state index contributed by atoms with van der Waals surface area (Å²) in [6.07, 6.45) is 3.58. The average Bonchev–Trinajstić information content (AvgIpc) is 2.89. The lowest BCUT2D eigenvalue weighted by atomic mass is 10.1. The highest BCUT2D eigenvalue weighted by molar-refractivity contribution is 5.51. The lowest BCUT2D eigenvalue weighted by Gasteiger charge is -2.14. The number of hydrogen-bond acceptors (Lipinski definition) is 3. The molecule has 17 heavy (non-hydrogen) atoms. The summed E-state index contributed by atoms with van der Waals surface area (Å²) in [6, 6.07) is 6.95. The van der Waals surface area contributed by atoms with Crippen molar-refractivity contribution in [1.82, 2.24) is 5.32 Å². The maximum absolute atomic E-state index is 5.33. The molecule has 0 aliphatic carbocycles. The molecule has 1 heterocycles. The van der Waals surface area contributed by atoms with Gasteiger partial charge in [-0.1, -0.05) is 6.92 Å². The van der Waals surface area contributed by atoms with Gasteiger partial charge in [-0.05, 0) is 49.6 Å². The van der Waals surface area contributed by atoms with E-state index >= 15 is 0 Å². The molecule has 2 rings (SSSR count). The highest BCUT2D eigenvalue weighted by Gasteiger charge is 2.13. The number of benzene rings is 1. The highest BCUT2D eigenvalue weighted by Crippen LogP contribution is 2.23. The number of anilines is 1. The molecule has 2 N–H and O–H groups in total. The third-order valence-corrected chi connectivity index (χ3v) is 3.38. The Balaban J connectivity index is 1.95. The van der Waals surface area contributed by atoms with Gasteiger partial charge in [0, 0.05) is 18.3 Å². The highest BCUT2D eigenvalue weighted by atomic mass is 16.5. The van der Waals surface area contributed by atoms with Crippen molar-refractivity contribution < 1.29 is 4.74 Å². The number of methoxy groups -OCH3 is 1. The van der Waals surface area contributed by atoms with Crippen LogP contribution in [0.25, 0.3) is 0 Å². The van der Waals surface area contributed by atoms with E-state index in [2.05, 4.69) is 29.7 Å². The van der Waals surface area contributed by atoms with Crippen molar-refractivity contribution in [3.05, 3.63) is 23.8 Å². The van der Waals surface area contributed by atoms with E-state index in [9.17, 15) is 0 Å². The molecule has 1 aromatic carbocycles. The zero-order chi connectivity index (χ0) is 12.1. The molecule has 3 heteroatoms. The van der Waals surface area contributed by atoms with E-state index in [4.69, 9.17) is 4.74 Å². The minimum absolute atomic E-state index is 0.627. The van der Waals surface area contributed by atoms with Crippen LogP contribution in [0.3, 0.4) is 0 Å². The molecule has 1 atom stereocenters. The van der Waals surface area contributed by atoms with Crippen molar-refractivity contribution in [2.24, 2.45) is 0 Å². The third kappa shape index (κ3) is 3.13. The molecular formula is C14H22N2O. The van der Waals surface area contributed by atoms with Crippen LogP contribution in [0.5, 0.6) is 5.75 Å². The quantitative estimate of drug-likeness (QED) is 0.821. The zero-order valence-corrected chi connectivity index (χ0v) is 10.8. The van der Waals surface area contributed by atoms with Crippen LogP contribution in [0.4, 0.5) is 5.69 Å². The van der Waals surface area contributed by atoms with Gasteiger partial charge in [0.2, 0.25) is 0 Å². The van der Waals surface area contributed by atoms with Crippen LogP contribution in [0.15, 0.2) is 18.2 Å². The van der Waals surface area contributed by atoms with E-state index in [-0.39, 0.29) is 0 Å². The second-order valence-corrected chi connectivity index (χ2v) is 4.55. The van der Waals surface area contributed by atoms with Gasteiger partial charge < -0.3 is 15.4 Å². The normalized spacial score (nSPS) is 19.3. The summed E-state index contributed by atoms with van der Waals surface area (Å²) >= 11 is 0. The minimum Gasteiger partial charge on any atom is -0.496 e. The summed E-state index contributed by atoms with van der Waals surface area (Å²) in [4.78, 5) is 0. The molecule has 94 valence electrons. The first-order valence-corrected chi connectivity index (χ1v) is 6.47. The molecule has 1 aromatic rings. The Morgan fingerprint density at radius 3 is 3.00 bits per heavy atom. The van der Waals surface area contributed by atoms with Crippen LogP contribution in [0.1, 0.15) is 25.3 Å². The fraction of sp³-hybridized carbons (Fsp3) is 0.571. The van der Waals surface area contributed by atoms with E-state index in [0.29, 0.717) is 6.04 Å². The maximum Gasteiger partial charge on any atom is 0.122 e. The van der Waals surface area contributed by atoms with E-state index < -0.39 is 0 Å². The first kappa shape index (κ1) is 12.2. The Morgan fingerprint density at radius 1 is 1.47 bits per heavy atom. The van der Waals surface area contributed by atoms with Gasteiger partial charge in [0.15, 0.2) is 0 Å². The van der Waals surface area contributed by atoms with Crippen LogP contribution in [-0.2, 0) is 6.42 Å². The smallest absolute Gasteiger partial charge is 0.122 e. The Labute approximate surface area is 104 Å². The molecule has 0 radical (unpaired) electrons. The van der Waals surface area contributed by atoms with Crippen molar-refractivity contribution in [1.29, 1.82) is 0 Å². The van der Waals surface area contributed by atoms with Crippen molar-refractivity contribution in [3.8, 4) is 5.75 Å². The molecule has 1 saturated heterocycles. The van der Waals surface area contributed by atoms with Crippen molar-refractivity contribution in [2.75, 3.05) is 25.5 Å². The molecule has 3 nitrogen and oxygen atoms in total. The third-order valence-electron chi connectivity index (χ3n) is 3.38. The number of ether oxygens (including phenoxy) is 1. The summed E-state index contributed by atoms with van der Waals surface area (Å²) < 4.78 is 5.33. The van der Waals surface area contributed by atoms with Crippen LogP contribution < -0.4 is 15.4 Å². The van der Waals surface area contributed by atoms with Gasteiger partial charge in [0.05, 0.1) is 7.11 Å². The molecule has 0 bridgehead atoms. The SMILES string of the molecule is CCc1cc(NCC2CCCN2)ccc1OC. The molecule has 1 unspecified atom stereocenters. The molecule has 1 aliphatic rings. The van der Waals surface area contributed by atoms with Crippen molar-refractivity contribution in [3.63, 3.8) is 0 Å². The zero-order valence-electron chi connectivity index (χ0n) is 10.8. The molecule has 0 saturated carbocycles. The lowest BCUT2D eigenvalue weighted by Crippen LogP contribution is -2.29. The summed E-state index contributed by atoms with van der Waals surface area (Å²) in [5.41, 5.74) is 2.45. The van der Waals surface area contributed by atoms with Crippen molar-refractivity contribution in [2.45, 2.75) is 32.2 Å². The summed E-state index contributed by atoms with van der Waals surface area (Å²) in [5.74, 6) is 0.983. The predicted octanol–water partition coefficient (Wildman–Crippen LogP) is 2.42. The molecule has 1 fully saturated rings.